The van der Waals surface area contributed by atoms with Crippen LogP contribution in [-0.2, 0) is 6.42 Å². The second kappa shape index (κ2) is 5.60. The Morgan fingerprint density at radius 3 is 2.65 bits per heavy atom. The van der Waals surface area contributed by atoms with E-state index in [2.05, 4.69) is 5.43 Å². The first kappa shape index (κ1) is 12.5. The average Bonchev–Trinajstić information content (AvgIpc) is 2.73. The zero-order chi connectivity index (χ0) is 12.3. The second-order valence-corrected chi connectivity index (χ2v) is 5.45. The summed E-state index contributed by atoms with van der Waals surface area (Å²) in [6.45, 7) is 0. The van der Waals surface area contributed by atoms with Crippen LogP contribution in [0.3, 0.4) is 0 Å². The van der Waals surface area contributed by atoms with Crippen molar-refractivity contribution in [3.05, 3.63) is 57.0 Å². The summed E-state index contributed by atoms with van der Waals surface area (Å²) in [4.78, 5) is 1.07. The fourth-order valence-corrected chi connectivity index (χ4v) is 2.81. The van der Waals surface area contributed by atoms with Gasteiger partial charge in [-0.05, 0) is 18.2 Å². The number of hydrazine groups is 1. The standard InChI is InChI=1S/C12H12ClFN2S/c13-12-6-5-8(17-12)7-11(16-15)9-3-1-2-4-10(9)14/h1-6,11,16H,7,15H2. The quantitative estimate of drug-likeness (QED) is 0.661. The number of hydrogen-bond acceptors (Lipinski definition) is 3. The van der Waals surface area contributed by atoms with Crippen molar-refractivity contribution >= 4 is 22.9 Å². The van der Waals surface area contributed by atoms with Crippen molar-refractivity contribution in [3.63, 3.8) is 0 Å². The molecule has 2 rings (SSSR count). The van der Waals surface area contributed by atoms with Crippen LogP contribution in [0.25, 0.3) is 0 Å². The molecule has 1 unspecified atom stereocenters. The molecular weight excluding hydrogens is 259 g/mol. The van der Waals surface area contributed by atoms with Crippen molar-refractivity contribution in [3.8, 4) is 0 Å². The zero-order valence-corrected chi connectivity index (χ0v) is 10.6. The molecule has 3 N–H and O–H groups in total. The van der Waals surface area contributed by atoms with E-state index in [0.717, 1.165) is 9.21 Å². The number of nitrogens with two attached hydrogens (primary N) is 1. The van der Waals surface area contributed by atoms with Gasteiger partial charge in [-0.2, -0.15) is 0 Å². The third-order valence-corrected chi connectivity index (χ3v) is 3.77. The van der Waals surface area contributed by atoms with Gasteiger partial charge in [-0.25, -0.2) is 4.39 Å². The van der Waals surface area contributed by atoms with Crippen molar-refractivity contribution in [2.75, 3.05) is 0 Å². The van der Waals surface area contributed by atoms with Crippen LogP contribution >= 0.6 is 22.9 Å². The highest BCUT2D eigenvalue weighted by Crippen LogP contribution is 2.27. The predicted molar refractivity (Wildman–Crippen MR) is 69.5 cm³/mol. The van der Waals surface area contributed by atoms with Crippen LogP contribution < -0.4 is 11.3 Å². The maximum atomic E-state index is 13.6. The molecule has 5 heteroatoms. The van der Waals surface area contributed by atoms with E-state index in [9.17, 15) is 4.39 Å². The molecular formula is C12H12ClFN2S. The highest BCUT2D eigenvalue weighted by Gasteiger charge is 2.15. The van der Waals surface area contributed by atoms with E-state index in [-0.39, 0.29) is 11.9 Å². The number of nitrogens with one attached hydrogen (secondary N) is 1. The van der Waals surface area contributed by atoms with Crippen molar-refractivity contribution in [2.45, 2.75) is 12.5 Å². The minimum absolute atomic E-state index is 0.245. The molecule has 0 aliphatic carbocycles. The van der Waals surface area contributed by atoms with Gasteiger partial charge in [-0.15, -0.1) is 11.3 Å². The zero-order valence-electron chi connectivity index (χ0n) is 8.99. The van der Waals surface area contributed by atoms with E-state index in [1.165, 1.54) is 17.4 Å². The Morgan fingerprint density at radius 1 is 1.29 bits per heavy atom. The number of halogens is 2. The largest absolute Gasteiger partial charge is 0.271 e. The van der Waals surface area contributed by atoms with Gasteiger partial charge in [-0.3, -0.25) is 11.3 Å². The lowest BCUT2D eigenvalue weighted by atomic mass is 10.0. The Hall–Kier alpha value is -0.940. The van der Waals surface area contributed by atoms with Crippen LogP contribution in [0, 0.1) is 5.82 Å². The minimum Gasteiger partial charge on any atom is -0.271 e. The Labute approximate surface area is 108 Å². The first-order valence-electron chi connectivity index (χ1n) is 5.15. The predicted octanol–water partition coefficient (Wildman–Crippen LogP) is 3.29. The Bertz CT molecular complexity index is 501. The van der Waals surface area contributed by atoms with Crippen molar-refractivity contribution in [2.24, 2.45) is 5.84 Å². The molecule has 0 amide bonds. The number of hydrogen-bond donors (Lipinski definition) is 2. The SMILES string of the molecule is NNC(Cc1ccc(Cl)s1)c1ccccc1F. The first-order valence-corrected chi connectivity index (χ1v) is 6.35. The summed E-state index contributed by atoms with van der Waals surface area (Å²) in [7, 11) is 0. The third-order valence-electron chi connectivity index (χ3n) is 2.52. The monoisotopic (exact) mass is 270 g/mol. The van der Waals surface area contributed by atoms with Gasteiger partial charge in [0.05, 0.1) is 10.4 Å². The van der Waals surface area contributed by atoms with E-state index >= 15 is 0 Å². The normalized spacial score (nSPS) is 12.6. The molecule has 90 valence electrons. The molecule has 0 saturated heterocycles. The van der Waals surface area contributed by atoms with E-state index in [4.69, 9.17) is 17.4 Å². The van der Waals surface area contributed by atoms with Gasteiger partial charge in [0.15, 0.2) is 0 Å². The van der Waals surface area contributed by atoms with Crippen LogP contribution in [0.15, 0.2) is 36.4 Å². The fourth-order valence-electron chi connectivity index (χ4n) is 1.68. The van der Waals surface area contributed by atoms with Gasteiger partial charge in [0.2, 0.25) is 0 Å². The molecule has 1 aromatic carbocycles. The van der Waals surface area contributed by atoms with E-state index in [0.29, 0.717) is 12.0 Å². The molecule has 0 aliphatic heterocycles. The Kier molecular flexibility index (Phi) is 4.12. The summed E-state index contributed by atoms with van der Waals surface area (Å²) < 4.78 is 14.3. The second-order valence-electron chi connectivity index (χ2n) is 3.65. The summed E-state index contributed by atoms with van der Waals surface area (Å²) in [5.41, 5.74) is 3.21. The molecule has 1 aromatic heterocycles. The highest BCUT2D eigenvalue weighted by molar-refractivity contribution is 7.16. The Balaban J connectivity index is 2.20. The first-order chi connectivity index (χ1) is 8.20. The van der Waals surface area contributed by atoms with Crippen LogP contribution in [0.5, 0.6) is 0 Å². The van der Waals surface area contributed by atoms with E-state index in [1.54, 1.807) is 18.2 Å². The van der Waals surface area contributed by atoms with Gasteiger partial charge < -0.3 is 0 Å². The van der Waals surface area contributed by atoms with Gasteiger partial charge >= 0.3 is 0 Å². The molecule has 17 heavy (non-hydrogen) atoms. The fraction of sp³-hybridized carbons (Fsp3) is 0.167. The molecule has 0 spiro atoms. The summed E-state index contributed by atoms with van der Waals surface area (Å²) in [5.74, 6) is 5.23. The van der Waals surface area contributed by atoms with Crippen molar-refractivity contribution in [1.29, 1.82) is 0 Å². The highest BCUT2D eigenvalue weighted by atomic mass is 35.5. The van der Waals surface area contributed by atoms with Gasteiger partial charge in [-0.1, -0.05) is 29.8 Å². The number of thiophene rings is 1. The molecule has 2 aromatic rings. The van der Waals surface area contributed by atoms with Crippen LogP contribution in [0.1, 0.15) is 16.5 Å². The topological polar surface area (TPSA) is 38.0 Å². The molecule has 0 bridgehead atoms. The summed E-state index contributed by atoms with van der Waals surface area (Å²) in [5, 5.41) is 0. The summed E-state index contributed by atoms with van der Waals surface area (Å²) in [6.07, 6.45) is 0.620. The number of benzene rings is 1. The maximum absolute atomic E-state index is 13.6. The molecule has 0 saturated carbocycles. The van der Waals surface area contributed by atoms with Crippen LogP contribution in [-0.4, -0.2) is 0 Å². The lowest BCUT2D eigenvalue weighted by Gasteiger charge is -2.15. The Morgan fingerprint density at radius 2 is 2.06 bits per heavy atom. The molecule has 1 atom stereocenters. The van der Waals surface area contributed by atoms with Crippen molar-refractivity contribution in [1.82, 2.24) is 5.43 Å². The van der Waals surface area contributed by atoms with Gasteiger partial charge in [0, 0.05) is 16.9 Å². The lowest BCUT2D eigenvalue weighted by molar-refractivity contribution is 0.513. The van der Waals surface area contributed by atoms with Crippen LogP contribution in [0.2, 0.25) is 4.34 Å². The molecule has 0 aliphatic rings. The van der Waals surface area contributed by atoms with Crippen LogP contribution in [0.4, 0.5) is 4.39 Å². The molecule has 1 heterocycles. The molecule has 0 radical (unpaired) electrons. The maximum Gasteiger partial charge on any atom is 0.128 e. The average molecular weight is 271 g/mol. The van der Waals surface area contributed by atoms with Crippen molar-refractivity contribution < 1.29 is 4.39 Å². The minimum atomic E-state index is -0.252. The summed E-state index contributed by atoms with van der Waals surface area (Å²) in [6, 6.07) is 10.1. The lowest BCUT2D eigenvalue weighted by Crippen LogP contribution is -2.30. The van der Waals surface area contributed by atoms with Gasteiger partial charge in [0.1, 0.15) is 5.82 Å². The van der Waals surface area contributed by atoms with E-state index < -0.39 is 0 Å². The number of rotatable bonds is 4. The third kappa shape index (κ3) is 3.04. The molecule has 0 fully saturated rings. The smallest absolute Gasteiger partial charge is 0.128 e. The molecule has 2 nitrogen and oxygen atoms in total. The van der Waals surface area contributed by atoms with Gasteiger partial charge in [0.25, 0.3) is 0 Å². The summed E-state index contributed by atoms with van der Waals surface area (Å²) >= 11 is 7.34. The van der Waals surface area contributed by atoms with E-state index in [1.807, 2.05) is 12.1 Å².